The van der Waals surface area contributed by atoms with Crippen LogP contribution in [0.4, 0.5) is 0 Å². The van der Waals surface area contributed by atoms with Crippen LogP contribution in [-0.2, 0) is 9.53 Å². The molecule has 0 aliphatic carbocycles. The molecule has 0 aromatic carbocycles. The molecule has 0 N–H and O–H groups in total. The molecule has 0 aliphatic rings. The minimum Gasteiger partial charge on any atom is -0.465 e. The highest BCUT2D eigenvalue weighted by molar-refractivity contribution is 5.69. The predicted molar refractivity (Wildman–Crippen MR) is 165 cm³/mol. The van der Waals surface area contributed by atoms with Gasteiger partial charge >= 0.3 is 5.97 Å². The Kier molecular flexibility index (Phi) is 31.2. The van der Waals surface area contributed by atoms with Crippen molar-refractivity contribution in [2.45, 2.75) is 207 Å². The van der Waals surface area contributed by atoms with Crippen LogP contribution in [0.5, 0.6) is 0 Å². The molecule has 0 aromatic heterocycles. The molecule has 2 heteroatoms. The molecule has 0 aromatic rings. The van der Waals surface area contributed by atoms with E-state index in [1.807, 2.05) is 0 Å². The molecular weight excluding hydrogens is 452 g/mol. The zero-order valence-corrected chi connectivity index (χ0v) is 26.1. The maximum Gasteiger partial charge on any atom is 0.305 e. The SMILES string of the molecule is CCCCCCCCCCCCCCCCCC(=O)OCC(C)CCCCCCCCCCCCCC. The average molecular weight is 523 g/mol. The fourth-order valence-corrected chi connectivity index (χ4v) is 5.37. The van der Waals surface area contributed by atoms with E-state index in [4.69, 9.17) is 4.74 Å². The number of hydrogen-bond acceptors (Lipinski definition) is 2. The van der Waals surface area contributed by atoms with Crippen LogP contribution in [0.15, 0.2) is 0 Å². The minimum atomic E-state index is 0.0243. The summed E-state index contributed by atoms with van der Waals surface area (Å²) in [5, 5.41) is 0. The summed E-state index contributed by atoms with van der Waals surface area (Å²) in [7, 11) is 0. The molecule has 0 heterocycles. The Morgan fingerprint density at radius 2 is 0.757 bits per heavy atom. The Balaban J connectivity index is 3.27. The van der Waals surface area contributed by atoms with Gasteiger partial charge < -0.3 is 4.74 Å². The molecule has 0 saturated carbocycles. The van der Waals surface area contributed by atoms with Crippen LogP contribution in [0.1, 0.15) is 207 Å². The molecule has 0 rings (SSSR count). The van der Waals surface area contributed by atoms with Crippen LogP contribution in [-0.4, -0.2) is 12.6 Å². The Bertz CT molecular complexity index is 433. The third-order valence-electron chi connectivity index (χ3n) is 8.06. The number of hydrogen-bond donors (Lipinski definition) is 0. The second-order valence-electron chi connectivity index (χ2n) is 12.2. The molecule has 1 atom stereocenters. The van der Waals surface area contributed by atoms with Crippen molar-refractivity contribution in [3.05, 3.63) is 0 Å². The first-order valence-electron chi connectivity index (χ1n) is 17.4. The van der Waals surface area contributed by atoms with E-state index in [1.165, 1.54) is 173 Å². The van der Waals surface area contributed by atoms with Gasteiger partial charge in [-0.25, -0.2) is 0 Å². The zero-order chi connectivity index (χ0) is 27.1. The lowest BCUT2D eigenvalue weighted by molar-refractivity contribution is -0.145. The van der Waals surface area contributed by atoms with Crippen molar-refractivity contribution in [1.82, 2.24) is 0 Å². The molecule has 0 amide bonds. The molecule has 222 valence electrons. The normalized spacial score (nSPS) is 12.2. The fraction of sp³-hybridized carbons (Fsp3) is 0.971. The van der Waals surface area contributed by atoms with E-state index in [1.54, 1.807) is 0 Å². The molecule has 1 unspecified atom stereocenters. The standard InChI is InChI=1S/C35H70O2/c1-4-6-8-10-12-14-16-18-19-20-22-24-26-28-30-32-35(36)37-33-34(3)31-29-27-25-23-21-17-15-13-11-9-7-5-2/h34H,4-33H2,1-3H3. The van der Waals surface area contributed by atoms with Gasteiger partial charge in [-0.15, -0.1) is 0 Å². The fourth-order valence-electron chi connectivity index (χ4n) is 5.37. The summed E-state index contributed by atoms with van der Waals surface area (Å²) in [6.07, 6.45) is 39.0. The van der Waals surface area contributed by atoms with Gasteiger partial charge in [-0.1, -0.05) is 188 Å². The van der Waals surface area contributed by atoms with Gasteiger partial charge in [0.25, 0.3) is 0 Å². The van der Waals surface area contributed by atoms with Crippen molar-refractivity contribution in [2.75, 3.05) is 6.61 Å². The number of carbonyl (C=O) groups is 1. The van der Waals surface area contributed by atoms with E-state index in [-0.39, 0.29) is 5.97 Å². The molecular formula is C35H70O2. The van der Waals surface area contributed by atoms with Crippen molar-refractivity contribution in [1.29, 1.82) is 0 Å². The lowest BCUT2D eigenvalue weighted by Crippen LogP contribution is -2.11. The summed E-state index contributed by atoms with van der Waals surface area (Å²) in [6, 6.07) is 0. The molecule has 0 bridgehead atoms. The number of rotatable bonds is 31. The Hall–Kier alpha value is -0.530. The zero-order valence-electron chi connectivity index (χ0n) is 26.1. The van der Waals surface area contributed by atoms with E-state index < -0.39 is 0 Å². The highest BCUT2D eigenvalue weighted by Crippen LogP contribution is 2.16. The lowest BCUT2D eigenvalue weighted by Gasteiger charge is -2.12. The summed E-state index contributed by atoms with van der Waals surface area (Å²) in [5.74, 6) is 0.532. The van der Waals surface area contributed by atoms with Gasteiger partial charge in [0, 0.05) is 6.42 Å². The van der Waals surface area contributed by atoms with Crippen molar-refractivity contribution in [2.24, 2.45) is 5.92 Å². The molecule has 0 spiro atoms. The van der Waals surface area contributed by atoms with E-state index >= 15 is 0 Å². The molecule has 2 nitrogen and oxygen atoms in total. The number of ether oxygens (including phenoxy) is 1. The van der Waals surface area contributed by atoms with Crippen LogP contribution >= 0.6 is 0 Å². The smallest absolute Gasteiger partial charge is 0.305 e. The number of carbonyl (C=O) groups excluding carboxylic acids is 1. The molecule has 0 radical (unpaired) electrons. The third-order valence-corrected chi connectivity index (χ3v) is 8.06. The Morgan fingerprint density at radius 3 is 1.11 bits per heavy atom. The average Bonchev–Trinajstić information content (AvgIpc) is 2.90. The highest BCUT2D eigenvalue weighted by atomic mass is 16.5. The minimum absolute atomic E-state index is 0.0243. The topological polar surface area (TPSA) is 26.3 Å². The molecule has 0 saturated heterocycles. The van der Waals surface area contributed by atoms with Gasteiger partial charge in [0.2, 0.25) is 0 Å². The van der Waals surface area contributed by atoms with Gasteiger partial charge in [0.15, 0.2) is 0 Å². The number of esters is 1. The summed E-state index contributed by atoms with van der Waals surface area (Å²) in [6.45, 7) is 7.43. The number of unbranched alkanes of at least 4 members (excludes halogenated alkanes) is 25. The van der Waals surface area contributed by atoms with Gasteiger partial charge in [-0.2, -0.15) is 0 Å². The first-order valence-corrected chi connectivity index (χ1v) is 17.4. The Labute approximate surface area is 234 Å². The van der Waals surface area contributed by atoms with Crippen LogP contribution < -0.4 is 0 Å². The second-order valence-corrected chi connectivity index (χ2v) is 12.2. The maximum absolute atomic E-state index is 12.0. The van der Waals surface area contributed by atoms with E-state index in [9.17, 15) is 4.79 Å². The van der Waals surface area contributed by atoms with Gasteiger partial charge in [0.1, 0.15) is 0 Å². The van der Waals surface area contributed by atoms with Gasteiger partial charge in [0.05, 0.1) is 6.61 Å². The van der Waals surface area contributed by atoms with Gasteiger partial charge in [-0.05, 0) is 18.8 Å². The predicted octanol–water partition coefficient (Wildman–Crippen LogP) is 12.5. The lowest BCUT2D eigenvalue weighted by atomic mass is 10.0. The summed E-state index contributed by atoms with van der Waals surface area (Å²) in [5.41, 5.74) is 0. The van der Waals surface area contributed by atoms with Crippen LogP contribution in [0.3, 0.4) is 0 Å². The summed E-state index contributed by atoms with van der Waals surface area (Å²) in [4.78, 5) is 12.0. The highest BCUT2D eigenvalue weighted by Gasteiger charge is 2.07. The van der Waals surface area contributed by atoms with Crippen molar-refractivity contribution in [3.63, 3.8) is 0 Å². The van der Waals surface area contributed by atoms with Crippen LogP contribution in [0.25, 0.3) is 0 Å². The molecule has 0 aliphatic heterocycles. The van der Waals surface area contributed by atoms with Gasteiger partial charge in [-0.3, -0.25) is 4.79 Å². The van der Waals surface area contributed by atoms with Crippen LogP contribution in [0.2, 0.25) is 0 Å². The van der Waals surface area contributed by atoms with E-state index in [2.05, 4.69) is 20.8 Å². The summed E-state index contributed by atoms with van der Waals surface area (Å²) < 4.78 is 5.54. The van der Waals surface area contributed by atoms with Crippen LogP contribution in [0, 0.1) is 5.92 Å². The first-order chi connectivity index (χ1) is 18.2. The second kappa shape index (κ2) is 31.7. The third kappa shape index (κ3) is 31.6. The quantitative estimate of drug-likeness (QED) is 0.0668. The largest absolute Gasteiger partial charge is 0.465 e. The van der Waals surface area contributed by atoms with E-state index in [0.29, 0.717) is 18.9 Å². The maximum atomic E-state index is 12.0. The van der Waals surface area contributed by atoms with Crippen molar-refractivity contribution >= 4 is 5.97 Å². The molecule has 0 fully saturated rings. The molecule has 37 heavy (non-hydrogen) atoms. The monoisotopic (exact) mass is 523 g/mol. The van der Waals surface area contributed by atoms with Crippen molar-refractivity contribution < 1.29 is 9.53 Å². The van der Waals surface area contributed by atoms with E-state index in [0.717, 1.165) is 6.42 Å². The summed E-state index contributed by atoms with van der Waals surface area (Å²) >= 11 is 0. The Morgan fingerprint density at radius 1 is 0.459 bits per heavy atom. The first kappa shape index (κ1) is 36.5. The van der Waals surface area contributed by atoms with Crippen molar-refractivity contribution in [3.8, 4) is 0 Å².